The first-order valence-electron chi connectivity index (χ1n) is 9.11. The molecule has 1 aromatic heterocycles. The zero-order valence-electron chi connectivity index (χ0n) is 16.6. The second-order valence-electron chi connectivity index (χ2n) is 6.86. The van der Waals surface area contributed by atoms with E-state index in [0.717, 1.165) is 23.9 Å². The van der Waals surface area contributed by atoms with Gasteiger partial charge in [0.2, 0.25) is 0 Å². The lowest BCUT2D eigenvalue weighted by molar-refractivity contribution is 0.268. The van der Waals surface area contributed by atoms with E-state index >= 15 is 0 Å². The molecule has 3 aromatic rings. The highest BCUT2D eigenvalue weighted by molar-refractivity contribution is 5.93. The fourth-order valence-electron chi connectivity index (χ4n) is 2.85. The van der Waals surface area contributed by atoms with E-state index in [4.69, 9.17) is 9.47 Å². The lowest BCUT2D eigenvalue weighted by Gasteiger charge is -2.15. The molecule has 0 atom stereocenters. The Morgan fingerprint density at radius 2 is 1.93 bits per heavy atom. The number of aryl methyl sites for hydroxylation is 1. The molecule has 0 radical (unpaired) electrons. The number of ether oxygens (including phenoxy) is 2. The molecule has 6 nitrogen and oxygen atoms in total. The van der Waals surface area contributed by atoms with Gasteiger partial charge in [-0.2, -0.15) is 0 Å². The number of anilines is 2. The Labute approximate surface area is 164 Å². The Bertz CT molecular complexity index is 963. The van der Waals surface area contributed by atoms with Gasteiger partial charge in [0.25, 0.3) is 0 Å². The maximum Gasteiger partial charge on any atom is 0.163 e. The highest BCUT2D eigenvalue weighted by Crippen LogP contribution is 2.35. The number of aromatic nitrogens is 2. The van der Waals surface area contributed by atoms with Crippen molar-refractivity contribution in [3.8, 4) is 11.5 Å². The van der Waals surface area contributed by atoms with E-state index < -0.39 is 0 Å². The van der Waals surface area contributed by atoms with Gasteiger partial charge < -0.3 is 19.7 Å². The van der Waals surface area contributed by atoms with Crippen molar-refractivity contribution in [2.45, 2.75) is 13.3 Å². The zero-order valence-corrected chi connectivity index (χ0v) is 16.6. The third kappa shape index (κ3) is 4.67. The maximum absolute atomic E-state index is 14.2. The highest BCUT2D eigenvalue weighted by atomic mass is 19.1. The van der Waals surface area contributed by atoms with Gasteiger partial charge in [-0.15, -0.1) is 0 Å². The highest BCUT2D eigenvalue weighted by Gasteiger charge is 2.13. The van der Waals surface area contributed by atoms with Crippen LogP contribution >= 0.6 is 0 Å². The summed E-state index contributed by atoms with van der Waals surface area (Å²) in [5.41, 5.74) is 1.90. The van der Waals surface area contributed by atoms with Crippen molar-refractivity contribution in [1.82, 2.24) is 14.9 Å². The van der Waals surface area contributed by atoms with Gasteiger partial charge in [-0.05, 0) is 51.2 Å². The van der Waals surface area contributed by atoms with Gasteiger partial charge >= 0.3 is 0 Å². The third-order valence-corrected chi connectivity index (χ3v) is 4.31. The number of fused-ring (bicyclic) bond motifs is 1. The molecule has 0 saturated heterocycles. The van der Waals surface area contributed by atoms with E-state index in [1.807, 2.05) is 39.2 Å². The molecule has 148 valence electrons. The fourth-order valence-corrected chi connectivity index (χ4v) is 2.85. The molecule has 0 spiro atoms. The number of nitrogens with zero attached hydrogens (tertiary/aromatic N) is 3. The molecule has 28 heavy (non-hydrogen) atoms. The van der Waals surface area contributed by atoms with Crippen LogP contribution in [0.25, 0.3) is 10.9 Å². The minimum Gasteiger partial charge on any atom is -0.493 e. The monoisotopic (exact) mass is 384 g/mol. The minimum absolute atomic E-state index is 0.334. The molecule has 0 saturated carbocycles. The van der Waals surface area contributed by atoms with Crippen LogP contribution in [0.5, 0.6) is 11.5 Å². The van der Waals surface area contributed by atoms with E-state index in [0.29, 0.717) is 35.1 Å². The normalized spacial score (nSPS) is 11.1. The minimum atomic E-state index is -0.334. The van der Waals surface area contributed by atoms with E-state index in [2.05, 4.69) is 20.2 Å². The van der Waals surface area contributed by atoms with Crippen LogP contribution in [0.3, 0.4) is 0 Å². The van der Waals surface area contributed by atoms with Gasteiger partial charge in [0.15, 0.2) is 11.5 Å². The first-order chi connectivity index (χ1) is 13.5. The molecule has 3 rings (SSSR count). The lowest BCUT2D eigenvalue weighted by atomic mass is 10.2. The average molecular weight is 384 g/mol. The Balaban J connectivity index is 1.89. The van der Waals surface area contributed by atoms with Crippen LogP contribution in [-0.2, 0) is 0 Å². The number of methoxy groups -OCH3 is 1. The average Bonchev–Trinajstić information content (AvgIpc) is 2.66. The summed E-state index contributed by atoms with van der Waals surface area (Å²) >= 11 is 0. The summed E-state index contributed by atoms with van der Waals surface area (Å²) in [6, 6.07) is 8.65. The predicted octanol–water partition coefficient (Wildman–Crippen LogP) is 4.16. The number of halogens is 1. The van der Waals surface area contributed by atoms with Crippen LogP contribution < -0.4 is 14.8 Å². The molecule has 0 amide bonds. The Hall–Kier alpha value is -2.93. The first kappa shape index (κ1) is 19.8. The van der Waals surface area contributed by atoms with Crippen molar-refractivity contribution in [3.63, 3.8) is 0 Å². The molecular formula is C21H25FN4O2. The summed E-state index contributed by atoms with van der Waals surface area (Å²) in [6.07, 6.45) is 2.34. The molecule has 0 aliphatic carbocycles. The van der Waals surface area contributed by atoms with Gasteiger partial charge in [0.05, 0.1) is 24.9 Å². The Morgan fingerprint density at radius 3 is 2.64 bits per heavy atom. The van der Waals surface area contributed by atoms with Crippen molar-refractivity contribution in [2.24, 2.45) is 0 Å². The van der Waals surface area contributed by atoms with Crippen LogP contribution in [-0.4, -0.2) is 49.2 Å². The fraction of sp³-hybridized carbons (Fsp3) is 0.333. The van der Waals surface area contributed by atoms with Gasteiger partial charge in [-0.1, -0.05) is 6.07 Å². The smallest absolute Gasteiger partial charge is 0.163 e. The van der Waals surface area contributed by atoms with Gasteiger partial charge in [0, 0.05) is 18.0 Å². The largest absolute Gasteiger partial charge is 0.493 e. The molecule has 0 bridgehead atoms. The summed E-state index contributed by atoms with van der Waals surface area (Å²) in [7, 11) is 5.64. The molecule has 0 unspecified atom stereocenters. The quantitative estimate of drug-likeness (QED) is 0.589. The van der Waals surface area contributed by atoms with Crippen LogP contribution in [0, 0.1) is 12.7 Å². The van der Waals surface area contributed by atoms with E-state index in [1.54, 1.807) is 13.2 Å². The summed E-state index contributed by atoms with van der Waals surface area (Å²) in [4.78, 5) is 10.7. The topological polar surface area (TPSA) is 59.5 Å². The van der Waals surface area contributed by atoms with Crippen molar-refractivity contribution >= 4 is 22.4 Å². The zero-order chi connectivity index (χ0) is 20.1. The first-order valence-corrected chi connectivity index (χ1v) is 9.11. The maximum atomic E-state index is 14.2. The van der Waals surface area contributed by atoms with Crippen LogP contribution in [0.1, 0.15) is 12.0 Å². The number of nitrogens with one attached hydrogen (secondary N) is 1. The molecule has 0 aliphatic rings. The van der Waals surface area contributed by atoms with E-state index in [9.17, 15) is 4.39 Å². The van der Waals surface area contributed by atoms with E-state index in [1.165, 1.54) is 12.4 Å². The molecule has 0 aliphatic heterocycles. The summed E-state index contributed by atoms with van der Waals surface area (Å²) in [5, 5.41) is 3.77. The summed E-state index contributed by atoms with van der Waals surface area (Å²) in [5.74, 6) is 1.38. The van der Waals surface area contributed by atoms with Crippen molar-refractivity contribution in [2.75, 3.05) is 39.7 Å². The van der Waals surface area contributed by atoms with Crippen molar-refractivity contribution < 1.29 is 13.9 Å². The SMILES string of the molecule is COc1cc2c(Nc3ccc(C)cc3F)ncnc2cc1OCCCN(C)C. The van der Waals surface area contributed by atoms with Crippen molar-refractivity contribution in [1.29, 1.82) is 0 Å². The van der Waals surface area contributed by atoms with Crippen LogP contribution in [0.15, 0.2) is 36.7 Å². The van der Waals surface area contributed by atoms with Crippen LogP contribution in [0.2, 0.25) is 0 Å². The Kier molecular flexibility index (Phi) is 6.26. The molecule has 2 aromatic carbocycles. The molecule has 0 fully saturated rings. The number of rotatable bonds is 8. The number of hydrogen-bond donors (Lipinski definition) is 1. The molecule has 1 heterocycles. The number of benzene rings is 2. The summed E-state index contributed by atoms with van der Waals surface area (Å²) in [6.45, 7) is 3.36. The second-order valence-corrected chi connectivity index (χ2v) is 6.86. The molecular weight excluding hydrogens is 359 g/mol. The molecule has 7 heteroatoms. The third-order valence-electron chi connectivity index (χ3n) is 4.31. The summed E-state index contributed by atoms with van der Waals surface area (Å²) < 4.78 is 25.6. The predicted molar refractivity (Wildman–Crippen MR) is 109 cm³/mol. The van der Waals surface area contributed by atoms with Gasteiger partial charge in [0.1, 0.15) is 18.0 Å². The second kappa shape index (κ2) is 8.84. The van der Waals surface area contributed by atoms with E-state index in [-0.39, 0.29) is 5.82 Å². The van der Waals surface area contributed by atoms with Crippen LogP contribution in [0.4, 0.5) is 15.9 Å². The standard InChI is InChI=1S/C21H25FN4O2/c1-14-6-7-17(16(22)10-14)25-21-15-11-19(27-4)20(12-18(15)23-13-24-21)28-9-5-8-26(2)3/h6-7,10-13H,5,8-9H2,1-4H3,(H,23,24,25). The molecule has 1 N–H and O–H groups in total. The van der Waals surface area contributed by atoms with Crippen molar-refractivity contribution in [3.05, 3.63) is 48.0 Å². The Morgan fingerprint density at radius 1 is 1.11 bits per heavy atom. The lowest BCUT2D eigenvalue weighted by Crippen LogP contribution is -2.15. The number of hydrogen-bond acceptors (Lipinski definition) is 6. The van der Waals surface area contributed by atoms with Gasteiger partial charge in [-0.25, -0.2) is 14.4 Å². The van der Waals surface area contributed by atoms with Gasteiger partial charge in [-0.3, -0.25) is 0 Å².